The number of ether oxygens (including phenoxy) is 4. The van der Waals surface area contributed by atoms with Gasteiger partial charge in [0.25, 0.3) is 0 Å². The Kier molecular flexibility index (Phi) is 45.1. The minimum Gasteiger partial charge on any atom is -0.457 e. The Morgan fingerprint density at radius 2 is 0.838 bits per heavy atom. The van der Waals surface area contributed by atoms with E-state index < -0.39 is 53.8 Å². The summed E-state index contributed by atoms with van der Waals surface area (Å²) in [5.41, 5.74) is 0. The van der Waals surface area contributed by atoms with Gasteiger partial charge in [-0.3, -0.25) is 9.35 Å². The predicted molar refractivity (Wildman–Crippen MR) is 276 cm³/mol. The second-order valence-electron chi connectivity index (χ2n) is 20.3. The van der Waals surface area contributed by atoms with E-state index >= 15 is 0 Å². The lowest BCUT2D eigenvalue weighted by Gasteiger charge is -2.41. The fourth-order valence-electron chi connectivity index (χ4n) is 9.38. The van der Waals surface area contributed by atoms with Crippen LogP contribution in [0.2, 0.25) is 0 Å². The number of carbonyl (C=O) groups is 1. The minimum atomic E-state index is -5.06. The molecule has 0 radical (unpaired) electrons. The van der Waals surface area contributed by atoms with E-state index in [1.165, 1.54) is 218 Å². The van der Waals surface area contributed by atoms with Gasteiger partial charge in [0.05, 0.1) is 19.8 Å². The molecule has 1 saturated heterocycles. The fourth-order valence-corrected chi connectivity index (χ4v) is 9.89. The van der Waals surface area contributed by atoms with Gasteiger partial charge in [-0.2, -0.15) is 8.42 Å². The van der Waals surface area contributed by atoms with E-state index in [1.807, 2.05) is 0 Å². The molecule has 0 saturated carbocycles. The molecule has 0 amide bonds. The van der Waals surface area contributed by atoms with E-state index in [0.29, 0.717) is 13.0 Å². The molecule has 0 bridgehead atoms. The molecule has 6 atom stereocenters. The van der Waals surface area contributed by atoms with Gasteiger partial charge in [-0.25, -0.2) is 4.18 Å². The Hall–Kier alpha value is -0.900. The lowest BCUT2D eigenvalue weighted by molar-refractivity contribution is -0.301. The zero-order chi connectivity index (χ0) is 49.6. The zero-order valence-electron chi connectivity index (χ0n) is 44.0. The number of esters is 1. The van der Waals surface area contributed by atoms with Crippen LogP contribution in [0.15, 0.2) is 0 Å². The molecule has 1 heterocycles. The van der Waals surface area contributed by atoms with Crippen molar-refractivity contribution >= 4 is 16.4 Å². The molecule has 0 aliphatic carbocycles. The van der Waals surface area contributed by atoms with E-state index in [1.54, 1.807) is 0 Å². The summed E-state index contributed by atoms with van der Waals surface area (Å²) in [7, 11) is -5.06. The average Bonchev–Trinajstić information content (AvgIpc) is 3.31. The number of hydrogen-bond donors (Lipinski definition) is 4. The third kappa shape index (κ3) is 39.7. The Bertz CT molecular complexity index is 1190. The van der Waals surface area contributed by atoms with Crippen molar-refractivity contribution in [2.75, 3.05) is 26.4 Å². The molecule has 12 nitrogen and oxygen atoms in total. The Labute approximate surface area is 417 Å². The number of aliphatic hydroxyl groups is 3. The van der Waals surface area contributed by atoms with Crippen LogP contribution >= 0.6 is 0 Å². The Morgan fingerprint density at radius 1 is 0.500 bits per heavy atom. The Balaban J connectivity index is 2.28. The van der Waals surface area contributed by atoms with Crippen LogP contribution in [0.5, 0.6) is 0 Å². The predicted octanol–water partition coefficient (Wildman–Crippen LogP) is 14.0. The number of unbranched alkanes of at least 4 members (excludes halogenated alkanes) is 39. The van der Waals surface area contributed by atoms with Crippen molar-refractivity contribution in [3.63, 3.8) is 0 Å². The summed E-state index contributed by atoms with van der Waals surface area (Å²) >= 11 is 0. The Morgan fingerprint density at radius 3 is 1.18 bits per heavy atom. The van der Waals surface area contributed by atoms with Gasteiger partial charge in [-0.15, -0.1) is 0 Å². The highest BCUT2D eigenvalue weighted by Crippen LogP contribution is 2.26. The highest BCUT2D eigenvalue weighted by atomic mass is 32.3. The summed E-state index contributed by atoms with van der Waals surface area (Å²) in [6.45, 7) is 4.08. The van der Waals surface area contributed by atoms with E-state index in [9.17, 15) is 33.1 Å². The quantitative estimate of drug-likeness (QED) is 0.0258. The maximum absolute atomic E-state index is 13.0. The lowest BCUT2D eigenvalue weighted by Crippen LogP contribution is -2.60. The van der Waals surface area contributed by atoms with Crippen LogP contribution in [0.1, 0.15) is 284 Å². The first-order valence-corrected chi connectivity index (χ1v) is 30.2. The molecule has 0 aromatic heterocycles. The van der Waals surface area contributed by atoms with Gasteiger partial charge >= 0.3 is 16.4 Å². The van der Waals surface area contributed by atoms with Crippen molar-refractivity contribution in [2.24, 2.45) is 0 Å². The molecular formula is C55H108O12S. The van der Waals surface area contributed by atoms with Gasteiger partial charge < -0.3 is 34.3 Å². The first-order chi connectivity index (χ1) is 33.1. The van der Waals surface area contributed by atoms with E-state index in [0.717, 1.165) is 38.5 Å². The number of hydrogen-bond acceptors (Lipinski definition) is 11. The van der Waals surface area contributed by atoms with Crippen LogP contribution in [0.3, 0.4) is 0 Å². The van der Waals surface area contributed by atoms with Gasteiger partial charge in [-0.05, 0) is 12.8 Å². The van der Waals surface area contributed by atoms with Crippen molar-refractivity contribution in [3.8, 4) is 0 Å². The summed E-state index contributed by atoms with van der Waals surface area (Å²) in [4.78, 5) is 13.0. The highest BCUT2D eigenvalue weighted by Gasteiger charge is 2.48. The summed E-state index contributed by atoms with van der Waals surface area (Å²) in [5.74, 6) is -0.389. The van der Waals surface area contributed by atoms with Crippen LogP contribution in [-0.4, -0.2) is 97.5 Å². The molecule has 0 spiro atoms. The maximum atomic E-state index is 13.0. The maximum Gasteiger partial charge on any atom is 0.397 e. The molecule has 1 aliphatic rings. The molecule has 1 aliphatic heterocycles. The molecule has 4 N–H and O–H groups in total. The lowest BCUT2D eigenvalue weighted by atomic mass is 9.99. The fraction of sp³-hybridized carbons (Fsp3) is 0.982. The average molecular weight is 994 g/mol. The molecule has 0 aromatic rings. The standard InChI is InChI=1S/C55H108O12S/c1-3-5-7-9-11-13-15-17-19-21-23-24-25-26-28-30-32-34-36-38-40-42-44-51(57)65-49(48-64-55-53(59)54(67-68(60,61)62)52(58)50(46-56)66-55)47-63-45-43-41-39-37-35-33-31-29-27-22-20-18-16-14-12-10-8-6-4-2/h49-50,52-56,58-59H,3-48H2,1-2H3,(H,60,61,62). The number of carbonyl (C=O) groups excluding carboxylic acids is 1. The molecule has 6 unspecified atom stereocenters. The molecular weight excluding hydrogens is 885 g/mol. The first kappa shape index (κ1) is 65.1. The first-order valence-electron chi connectivity index (χ1n) is 28.8. The van der Waals surface area contributed by atoms with Crippen LogP contribution in [0.25, 0.3) is 0 Å². The van der Waals surface area contributed by atoms with E-state index in [-0.39, 0.29) is 25.6 Å². The van der Waals surface area contributed by atoms with Gasteiger partial charge in [0.2, 0.25) is 0 Å². The van der Waals surface area contributed by atoms with Crippen LogP contribution in [-0.2, 0) is 38.3 Å². The zero-order valence-corrected chi connectivity index (χ0v) is 44.8. The summed E-state index contributed by atoms with van der Waals surface area (Å²) in [5, 5.41) is 30.8. The number of aliphatic hydroxyl groups excluding tert-OH is 3. The minimum absolute atomic E-state index is 0.0456. The summed E-state index contributed by atoms with van der Waals surface area (Å²) in [6.07, 6.45) is 44.3. The van der Waals surface area contributed by atoms with E-state index in [4.69, 9.17) is 18.9 Å². The van der Waals surface area contributed by atoms with Crippen LogP contribution < -0.4 is 0 Å². The third-order valence-electron chi connectivity index (χ3n) is 13.7. The van der Waals surface area contributed by atoms with Gasteiger partial charge in [0.1, 0.15) is 30.5 Å². The van der Waals surface area contributed by atoms with E-state index in [2.05, 4.69) is 18.0 Å². The monoisotopic (exact) mass is 993 g/mol. The van der Waals surface area contributed by atoms with Crippen molar-refractivity contribution in [3.05, 3.63) is 0 Å². The highest BCUT2D eigenvalue weighted by molar-refractivity contribution is 7.80. The van der Waals surface area contributed by atoms with Crippen LogP contribution in [0.4, 0.5) is 0 Å². The summed E-state index contributed by atoms with van der Waals surface area (Å²) < 4.78 is 59.4. The molecule has 1 rings (SSSR count). The normalized spacial score (nSPS) is 19.2. The van der Waals surface area contributed by atoms with Crippen molar-refractivity contribution in [2.45, 2.75) is 320 Å². The van der Waals surface area contributed by atoms with Crippen molar-refractivity contribution in [1.29, 1.82) is 0 Å². The van der Waals surface area contributed by atoms with Crippen molar-refractivity contribution in [1.82, 2.24) is 0 Å². The van der Waals surface area contributed by atoms with Gasteiger partial charge in [-0.1, -0.05) is 264 Å². The molecule has 0 aromatic carbocycles. The smallest absolute Gasteiger partial charge is 0.397 e. The third-order valence-corrected chi connectivity index (χ3v) is 14.2. The molecule has 406 valence electrons. The molecule has 68 heavy (non-hydrogen) atoms. The van der Waals surface area contributed by atoms with Crippen molar-refractivity contribution < 1.29 is 56.2 Å². The summed E-state index contributed by atoms with van der Waals surface area (Å²) in [6, 6.07) is 0. The number of rotatable bonds is 52. The SMILES string of the molecule is CCCCCCCCCCCCCCCCCCCCCCCCC(=O)OC(COCCCCCCCCCCCCCCCCCCCCC)COC1OC(CO)C(O)C(OS(=O)(=O)O)C1O. The second kappa shape index (κ2) is 47.1. The molecule has 13 heteroatoms. The second-order valence-corrected chi connectivity index (χ2v) is 21.3. The van der Waals surface area contributed by atoms with Gasteiger partial charge in [0.15, 0.2) is 6.29 Å². The topological polar surface area (TPSA) is 178 Å². The van der Waals surface area contributed by atoms with Gasteiger partial charge in [0, 0.05) is 13.0 Å². The van der Waals surface area contributed by atoms with Crippen LogP contribution in [0, 0.1) is 0 Å². The largest absolute Gasteiger partial charge is 0.457 e. The molecule has 1 fully saturated rings.